The SMILES string of the molecule is Cc1ccc(F)c(C(NN)c2ccc(Br)s2)c1. The van der Waals surface area contributed by atoms with Crippen molar-refractivity contribution in [2.45, 2.75) is 13.0 Å². The molecule has 0 amide bonds. The average molecular weight is 315 g/mol. The Kier molecular flexibility index (Phi) is 3.93. The number of nitrogens with one attached hydrogen (secondary N) is 1. The molecule has 2 rings (SSSR count). The van der Waals surface area contributed by atoms with Crippen LogP contribution in [0.5, 0.6) is 0 Å². The van der Waals surface area contributed by atoms with Gasteiger partial charge in [0.25, 0.3) is 0 Å². The second kappa shape index (κ2) is 5.27. The van der Waals surface area contributed by atoms with Crippen molar-refractivity contribution in [3.8, 4) is 0 Å². The molecule has 0 aliphatic rings. The van der Waals surface area contributed by atoms with E-state index < -0.39 is 0 Å². The molecular weight excluding hydrogens is 303 g/mol. The van der Waals surface area contributed by atoms with Crippen LogP contribution in [0.15, 0.2) is 34.1 Å². The van der Waals surface area contributed by atoms with Crippen molar-refractivity contribution >= 4 is 27.3 Å². The van der Waals surface area contributed by atoms with Crippen LogP contribution in [0.2, 0.25) is 0 Å². The molecule has 5 heteroatoms. The van der Waals surface area contributed by atoms with Crippen molar-refractivity contribution in [2.24, 2.45) is 5.84 Å². The zero-order valence-corrected chi connectivity index (χ0v) is 11.6. The van der Waals surface area contributed by atoms with Crippen LogP contribution in [0.25, 0.3) is 0 Å². The van der Waals surface area contributed by atoms with E-state index >= 15 is 0 Å². The lowest BCUT2D eigenvalue weighted by molar-refractivity contribution is 0.563. The third-order valence-electron chi connectivity index (χ3n) is 2.51. The van der Waals surface area contributed by atoms with Crippen molar-refractivity contribution in [1.82, 2.24) is 5.43 Å². The van der Waals surface area contributed by atoms with Gasteiger partial charge in [-0.3, -0.25) is 5.84 Å². The summed E-state index contributed by atoms with van der Waals surface area (Å²) in [6.07, 6.45) is 0. The van der Waals surface area contributed by atoms with E-state index in [0.29, 0.717) is 5.56 Å². The molecule has 2 nitrogen and oxygen atoms in total. The average Bonchev–Trinajstić information content (AvgIpc) is 2.71. The molecule has 0 aliphatic carbocycles. The minimum Gasteiger partial charge on any atom is -0.271 e. The summed E-state index contributed by atoms with van der Waals surface area (Å²) in [5, 5.41) is 0. The highest BCUT2D eigenvalue weighted by Crippen LogP contribution is 2.32. The Hall–Kier alpha value is -0.750. The number of thiophene rings is 1. The van der Waals surface area contributed by atoms with Crippen molar-refractivity contribution in [3.63, 3.8) is 0 Å². The lowest BCUT2D eigenvalue weighted by Crippen LogP contribution is -2.29. The number of nitrogens with two attached hydrogens (primary N) is 1. The maximum absolute atomic E-state index is 13.8. The molecule has 0 radical (unpaired) electrons. The fourth-order valence-corrected chi connectivity index (χ4v) is 3.20. The third kappa shape index (κ3) is 2.74. The van der Waals surface area contributed by atoms with E-state index in [-0.39, 0.29) is 11.9 Å². The Bertz CT molecular complexity index is 527. The molecular formula is C12H12BrFN2S. The molecule has 1 aromatic heterocycles. The first-order valence-corrected chi connectivity index (χ1v) is 6.70. The fraction of sp³-hybridized carbons (Fsp3) is 0.167. The summed E-state index contributed by atoms with van der Waals surface area (Å²) in [6.45, 7) is 1.93. The van der Waals surface area contributed by atoms with Crippen LogP contribution >= 0.6 is 27.3 Å². The first-order chi connectivity index (χ1) is 8.11. The minimum atomic E-state index is -0.314. The van der Waals surface area contributed by atoms with E-state index in [1.165, 1.54) is 17.4 Å². The summed E-state index contributed by atoms with van der Waals surface area (Å²) in [6, 6.07) is 8.58. The van der Waals surface area contributed by atoms with Gasteiger partial charge in [-0.25, -0.2) is 9.82 Å². The lowest BCUT2D eigenvalue weighted by Gasteiger charge is -2.16. The van der Waals surface area contributed by atoms with Crippen molar-refractivity contribution in [1.29, 1.82) is 0 Å². The molecule has 1 unspecified atom stereocenters. The number of aryl methyl sites for hydroxylation is 1. The van der Waals surface area contributed by atoms with E-state index in [4.69, 9.17) is 5.84 Å². The van der Waals surface area contributed by atoms with Gasteiger partial charge in [-0.05, 0) is 41.1 Å². The molecule has 2 aromatic rings. The number of hydrogen-bond donors (Lipinski definition) is 2. The quantitative estimate of drug-likeness (QED) is 0.672. The Morgan fingerprint density at radius 2 is 2.12 bits per heavy atom. The van der Waals surface area contributed by atoms with E-state index in [2.05, 4.69) is 21.4 Å². The Morgan fingerprint density at radius 3 is 2.71 bits per heavy atom. The van der Waals surface area contributed by atoms with Crippen LogP contribution < -0.4 is 11.3 Å². The number of benzene rings is 1. The predicted octanol–water partition coefficient (Wildman–Crippen LogP) is 3.51. The van der Waals surface area contributed by atoms with E-state index in [0.717, 1.165) is 14.2 Å². The Balaban J connectivity index is 2.45. The minimum absolute atomic E-state index is 0.247. The highest BCUT2D eigenvalue weighted by atomic mass is 79.9. The maximum atomic E-state index is 13.8. The summed E-state index contributed by atoms with van der Waals surface area (Å²) in [4.78, 5) is 0.976. The van der Waals surface area contributed by atoms with Gasteiger partial charge in [-0.1, -0.05) is 17.7 Å². The van der Waals surface area contributed by atoms with Crippen LogP contribution in [-0.2, 0) is 0 Å². The van der Waals surface area contributed by atoms with Gasteiger partial charge < -0.3 is 0 Å². The van der Waals surface area contributed by atoms with Crippen LogP contribution in [0.3, 0.4) is 0 Å². The number of hydrogen-bond acceptors (Lipinski definition) is 3. The molecule has 0 saturated carbocycles. The second-order valence-corrected chi connectivity index (χ2v) is 6.26. The first kappa shape index (κ1) is 12.7. The standard InChI is InChI=1S/C12H12BrFN2S/c1-7-2-3-9(14)8(6-7)12(16-15)10-4-5-11(13)17-10/h2-6,12,16H,15H2,1H3. The molecule has 0 aliphatic heterocycles. The van der Waals surface area contributed by atoms with Crippen LogP contribution in [-0.4, -0.2) is 0 Å². The van der Waals surface area contributed by atoms with Crippen molar-refractivity contribution in [3.05, 3.63) is 55.9 Å². The smallest absolute Gasteiger partial charge is 0.128 e. The van der Waals surface area contributed by atoms with Crippen molar-refractivity contribution < 1.29 is 4.39 Å². The highest BCUT2D eigenvalue weighted by molar-refractivity contribution is 9.11. The van der Waals surface area contributed by atoms with Crippen molar-refractivity contribution in [2.75, 3.05) is 0 Å². The number of rotatable bonds is 3. The summed E-state index contributed by atoms with van der Waals surface area (Å²) in [5.41, 5.74) is 4.25. The number of hydrazine groups is 1. The normalized spacial score (nSPS) is 12.7. The molecule has 0 fully saturated rings. The van der Waals surface area contributed by atoms with Crippen LogP contribution in [0.1, 0.15) is 22.0 Å². The molecule has 0 spiro atoms. The Morgan fingerprint density at radius 1 is 1.35 bits per heavy atom. The zero-order chi connectivity index (χ0) is 12.4. The van der Waals surface area contributed by atoms with Gasteiger partial charge >= 0.3 is 0 Å². The fourth-order valence-electron chi connectivity index (χ4n) is 1.69. The molecule has 1 aromatic carbocycles. The van der Waals surface area contributed by atoms with Gasteiger partial charge in [0, 0.05) is 10.4 Å². The van der Waals surface area contributed by atoms with Gasteiger partial charge in [0.1, 0.15) is 5.82 Å². The summed E-state index contributed by atoms with van der Waals surface area (Å²) in [7, 11) is 0. The largest absolute Gasteiger partial charge is 0.271 e. The lowest BCUT2D eigenvalue weighted by atomic mass is 10.0. The van der Waals surface area contributed by atoms with E-state index in [1.807, 2.05) is 25.1 Å². The van der Waals surface area contributed by atoms with Gasteiger partial charge in [-0.2, -0.15) is 0 Å². The molecule has 17 heavy (non-hydrogen) atoms. The summed E-state index contributed by atoms with van der Waals surface area (Å²) >= 11 is 4.93. The van der Waals surface area contributed by atoms with Gasteiger partial charge in [-0.15, -0.1) is 11.3 Å². The van der Waals surface area contributed by atoms with Gasteiger partial charge in [0.05, 0.1) is 9.83 Å². The van der Waals surface area contributed by atoms with Crippen LogP contribution in [0.4, 0.5) is 4.39 Å². The Labute approximate surface area is 112 Å². The summed E-state index contributed by atoms with van der Waals surface area (Å²) < 4.78 is 14.8. The molecule has 1 atom stereocenters. The first-order valence-electron chi connectivity index (χ1n) is 5.09. The van der Waals surface area contributed by atoms with E-state index in [1.54, 1.807) is 6.07 Å². The highest BCUT2D eigenvalue weighted by Gasteiger charge is 2.18. The molecule has 3 N–H and O–H groups in total. The third-order valence-corrected chi connectivity index (χ3v) is 4.20. The summed E-state index contributed by atoms with van der Waals surface area (Å²) in [5.74, 6) is 5.29. The predicted molar refractivity (Wildman–Crippen MR) is 72.3 cm³/mol. The molecule has 0 saturated heterocycles. The topological polar surface area (TPSA) is 38.0 Å². The number of halogens is 2. The van der Waals surface area contributed by atoms with E-state index in [9.17, 15) is 4.39 Å². The maximum Gasteiger partial charge on any atom is 0.128 e. The van der Waals surface area contributed by atoms with Gasteiger partial charge in [0.2, 0.25) is 0 Å². The molecule has 0 bridgehead atoms. The monoisotopic (exact) mass is 314 g/mol. The molecule has 90 valence electrons. The second-order valence-electron chi connectivity index (χ2n) is 3.77. The zero-order valence-electron chi connectivity index (χ0n) is 9.21. The van der Waals surface area contributed by atoms with Gasteiger partial charge in [0.15, 0.2) is 0 Å². The molecule has 1 heterocycles. The van der Waals surface area contributed by atoms with Crippen LogP contribution in [0, 0.1) is 12.7 Å².